The van der Waals surface area contributed by atoms with Gasteiger partial charge in [-0.3, -0.25) is 0 Å². The summed E-state index contributed by atoms with van der Waals surface area (Å²) in [6.07, 6.45) is 4.72. The van der Waals surface area contributed by atoms with Crippen molar-refractivity contribution < 1.29 is 4.74 Å². The molecule has 1 nitrogen and oxygen atoms in total. The molecule has 0 bridgehead atoms. The first-order chi connectivity index (χ1) is 7.27. The van der Waals surface area contributed by atoms with Crippen molar-refractivity contribution in [1.29, 1.82) is 0 Å². The van der Waals surface area contributed by atoms with Crippen molar-refractivity contribution in [3.63, 3.8) is 0 Å². The third-order valence-electron chi connectivity index (χ3n) is 3.26. The van der Waals surface area contributed by atoms with Crippen molar-refractivity contribution >= 4 is 31.9 Å². The summed E-state index contributed by atoms with van der Waals surface area (Å²) in [5.74, 6) is 1.18. The van der Waals surface area contributed by atoms with Gasteiger partial charge in [0.1, 0.15) is 5.75 Å². The van der Waals surface area contributed by atoms with Gasteiger partial charge in [0.25, 0.3) is 0 Å². The zero-order valence-electron chi connectivity index (χ0n) is 8.35. The molecule has 1 aromatic carbocycles. The van der Waals surface area contributed by atoms with Crippen LogP contribution >= 0.6 is 31.9 Å². The number of hydrogen-bond donors (Lipinski definition) is 0. The summed E-state index contributed by atoms with van der Waals surface area (Å²) < 4.78 is 7.01. The second-order valence-corrected chi connectivity index (χ2v) is 6.16. The van der Waals surface area contributed by atoms with Crippen molar-refractivity contribution in [2.45, 2.75) is 30.5 Å². The predicted molar refractivity (Wildman–Crippen MR) is 67.9 cm³/mol. The molecule has 0 saturated heterocycles. The molecule has 0 spiro atoms. The largest absolute Gasteiger partial charge is 0.493 e. The molecule has 0 aromatic heterocycles. The van der Waals surface area contributed by atoms with Crippen LogP contribution in [0.4, 0.5) is 0 Å². The van der Waals surface area contributed by atoms with E-state index in [1.807, 2.05) is 0 Å². The average molecular weight is 332 g/mol. The SMILES string of the molecule is Brc1cc2c(c3c1C(Br)CCC3)OCC2. The zero-order valence-corrected chi connectivity index (χ0v) is 11.5. The Bertz CT molecular complexity index is 415. The zero-order chi connectivity index (χ0) is 10.4. The highest BCUT2D eigenvalue weighted by Gasteiger charge is 2.27. The number of alkyl halides is 1. The van der Waals surface area contributed by atoms with Gasteiger partial charge in [0, 0.05) is 15.7 Å². The number of benzene rings is 1. The van der Waals surface area contributed by atoms with Crippen molar-refractivity contribution in [2.75, 3.05) is 6.61 Å². The Kier molecular flexibility index (Phi) is 2.56. The summed E-state index contributed by atoms with van der Waals surface area (Å²) in [5, 5.41) is 0. The molecular weight excluding hydrogens is 320 g/mol. The fourth-order valence-electron chi connectivity index (χ4n) is 2.57. The first kappa shape index (κ1) is 10.2. The van der Waals surface area contributed by atoms with E-state index in [-0.39, 0.29) is 0 Å². The van der Waals surface area contributed by atoms with Crippen molar-refractivity contribution in [2.24, 2.45) is 0 Å². The van der Waals surface area contributed by atoms with Gasteiger partial charge in [0.15, 0.2) is 0 Å². The van der Waals surface area contributed by atoms with Crippen LogP contribution in [0.1, 0.15) is 34.4 Å². The minimum Gasteiger partial charge on any atom is -0.493 e. The van der Waals surface area contributed by atoms with Crippen LogP contribution < -0.4 is 4.74 Å². The highest BCUT2D eigenvalue weighted by molar-refractivity contribution is 9.11. The Morgan fingerprint density at radius 3 is 3.07 bits per heavy atom. The fourth-order valence-corrected chi connectivity index (χ4v) is 4.52. The van der Waals surface area contributed by atoms with Gasteiger partial charge in [0.2, 0.25) is 0 Å². The van der Waals surface area contributed by atoms with Gasteiger partial charge in [-0.05, 0) is 42.0 Å². The van der Waals surface area contributed by atoms with Gasteiger partial charge in [-0.15, -0.1) is 0 Å². The molecule has 1 aromatic rings. The number of fused-ring (bicyclic) bond motifs is 3. The van der Waals surface area contributed by atoms with Crippen LogP contribution in [0.15, 0.2) is 10.5 Å². The Morgan fingerprint density at radius 1 is 1.33 bits per heavy atom. The predicted octanol–water partition coefficient (Wildman–Crippen LogP) is 4.16. The molecule has 0 radical (unpaired) electrons. The normalized spacial score (nSPS) is 23.2. The van der Waals surface area contributed by atoms with Crippen LogP contribution in [0.3, 0.4) is 0 Å². The third kappa shape index (κ3) is 1.55. The monoisotopic (exact) mass is 330 g/mol. The Morgan fingerprint density at radius 2 is 2.20 bits per heavy atom. The molecule has 3 rings (SSSR count). The van der Waals surface area contributed by atoms with Crippen molar-refractivity contribution in [1.82, 2.24) is 0 Å². The van der Waals surface area contributed by atoms with E-state index < -0.39 is 0 Å². The lowest BCUT2D eigenvalue weighted by molar-refractivity contribution is 0.351. The summed E-state index contributed by atoms with van der Waals surface area (Å²) >= 11 is 7.45. The lowest BCUT2D eigenvalue weighted by Crippen LogP contribution is -2.07. The van der Waals surface area contributed by atoms with Crippen LogP contribution in [0, 0.1) is 0 Å². The maximum Gasteiger partial charge on any atom is 0.126 e. The maximum atomic E-state index is 5.76. The summed E-state index contributed by atoms with van der Waals surface area (Å²) in [7, 11) is 0. The fraction of sp³-hybridized carbons (Fsp3) is 0.500. The average Bonchev–Trinajstić information content (AvgIpc) is 2.65. The van der Waals surface area contributed by atoms with Gasteiger partial charge in [0.05, 0.1) is 6.61 Å². The minimum absolute atomic E-state index is 0.491. The molecule has 0 N–H and O–H groups in total. The molecule has 0 fully saturated rings. The van der Waals surface area contributed by atoms with E-state index in [1.54, 1.807) is 0 Å². The Labute approximate surface area is 106 Å². The number of ether oxygens (including phenoxy) is 1. The topological polar surface area (TPSA) is 9.23 Å². The Balaban J connectivity index is 2.24. The van der Waals surface area contributed by atoms with E-state index in [0.717, 1.165) is 13.0 Å². The quantitative estimate of drug-likeness (QED) is 0.649. The standard InChI is InChI=1S/C12H12Br2O/c13-9-3-1-2-8-11(9)10(14)6-7-4-5-15-12(7)8/h6,9H,1-5H2. The van der Waals surface area contributed by atoms with Gasteiger partial charge in [-0.2, -0.15) is 0 Å². The molecule has 2 aliphatic rings. The molecule has 80 valence electrons. The third-order valence-corrected chi connectivity index (χ3v) is 4.84. The number of hydrogen-bond acceptors (Lipinski definition) is 1. The molecule has 0 amide bonds. The molecule has 1 aliphatic heterocycles. The lowest BCUT2D eigenvalue weighted by atomic mass is 9.89. The summed E-state index contributed by atoms with van der Waals surface area (Å²) in [6.45, 7) is 0.852. The highest BCUT2D eigenvalue weighted by Crippen LogP contribution is 2.46. The second-order valence-electron chi connectivity index (χ2n) is 4.20. The van der Waals surface area contributed by atoms with Gasteiger partial charge in [-0.1, -0.05) is 31.9 Å². The van der Waals surface area contributed by atoms with E-state index >= 15 is 0 Å². The van der Waals surface area contributed by atoms with E-state index in [4.69, 9.17) is 4.74 Å². The van der Waals surface area contributed by atoms with Gasteiger partial charge < -0.3 is 4.74 Å². The molecule has 1 aliphatic carbocycles. The van der Waals surface area contributed by atoms with E-state index in [9.17, 15) is 0 Å². The van der Waals surface area contributed by atoms with Gasteiger partial charge >= 0.3 is 0 Å². The second kappa shape index (κ2) is 3.77. The van der Waals surface area contributed by atoms with Crippen LogP contribution in [0.25, 0.3) is 0 Å². The summed E-state index contributed by atoms with van der Waals surface area (Å²) in [4.78, 5) is 0.491. The van der Waals surface area contributed by atoms with Crippen LogP contribution in [0.5, 0.6) is 5.75 Å². The van der Waals surface area contributed by atoms with Gasteiger partial charge in [-0.25, -0.2) is 0 Å². The Hall–Kier alpha value is -0.0200. The van der Waals surface area contributed by atoms with Crippen LogP contribution in [-0.4, -0.2) is 6.61 Å². The van der Waals surface area contributed by atoms with Crippen LogP contribution in [-0.2, 0) is 12.8 Å². The first-order valence-corrected chi connectivity index (χ1v) is 7.09. The van der Waals surface area contributed by atoms with E-state index in [2.05, 4.69) is 37.9 Å². The minimum atomic E-state index is 0.491. The smallest absolute Gasteiger partial charge is 0.126 e. The van der Waals surface area contributed by atoms with E-state index in [0.29, 0.717) is 4.83 Å². The molecule has 1 heterocycles. The molecule has 15 heavy (non-hydrogen) atoms. The van der Waals surface area contributed by atoms with Crippen molar-refractivity contribution in [3.05, 3.63) is 27.2 Å². The summed E-state index contributed by atoms with van der Waals surface area (Å²) in [5.41, 5.74) is 4.23. The number of rotatable bonds is 0. The molecule has 1 unspecified atom stereocenters. The van der Waals surface area contributed by atoms with E-state index in [1.165, 1.54) is 46.2 Å². The van der Waals surface area contributed by atoms with Crippen LogP contribution in [0.2, 0.25) is 0 Å². The molecule has 3 heteroatoms. The highest BCUT2D eigenvalue weighted by atomic mass is 79.9. The first-order valence-electron chi connectivity index (χ1n) is 5.38. The maximum absolute atomic E-state index is 5.76. The lowest BCUT2D eigenvalue weighted by Gasteiger charge is -2.24. The molecule has 1 atom stereocenters. The number of halogens is 2. The summed E-state index contributed by atoms with van der Waals surface area (Å²) in [6, 6.07) is 2.24. The van der Waals surface area contributed by atoms with Crippen molar-refractivity contribution in [3.8, 4) is 5.75 Å². The molecule has 0 saturated carbocycles. The molecular formula is C12H12Br2O.